The minimum Gasteiger partial charge on any atom is -0.375 e. The molecule has 134 valence electrons. The maximum Gasteiger partial charge on any atom is 0.320 e. The topological polar surface area (TPSA) is 71.4 Å². The molecule has 2 heterocycles. The number of anilines is 1. The molecular weight excluding hydrogens is 318 g/mol. The van der Waals surface area contributed by atoms with Crippen molar-refractivity contribution in [2.45, 2.75) is 26.0 Å². The predicted molar refractivity (Wildman–Crippen MR) is 97.2 cm³/mol. The summed E-state index contributed by atoms with van der Waals surface area (Å²) in [4.78, 5) is 14.6. The molecule has 0 bridgehead atoms. The van der Waals surface area contributed by atoms with Gasteiger partial charge in [-0.1, -0.05) is 18.2 Å². The van der Waals surface area contributed by atoms with Crippen molar-refractivity contribution < 1.29 is 9.53 Å². The van der Waals surface area contributed by atoms with Crippen LogP contribution in [0.3, 0.4) is 0 Å². The van der Waals surface area contributed by atoms with Gasteiger partial charge in [0, 0.05) is 25.8 Å². The van der Waals surface area contributed by atoms with Gasteiger partial charge in [-0.2, -0.15) is 5.10 Å². The van der Waals surface area contributed by atoms with Crippen LogP contribution in [0.4, 0.5) is 10.6 Å². The smallest absolute Gasteiger partial charge is 0.320 e. The first-order valence-corrected chi connectivity index (χ1v) is 8.56. The van der Waals surface area contributed by atoms with Crippen LogP contribution in [-0.2, 0) is 4.74 Å². The van der Waals surface area contributed by atoms with E-state index in [0.717, 1.165) is 24.5 Å². The van der Waals surface area contributed by atoms with Crippen LogP contribution in [0.15, 0.2) is 36.4 Å². The number of amides is 2. The molecule has 2 atom stereocenters. The van der Waals surface area contributed by atoms with Gasteiger partial charge in [-0.3, -0.25) is 5.32 Å². The molecule has 7 nitrogen and oxygen atoms in total. The van der Waals surface area contributed by atoms with Crippen LogP contribution in [0.5, 0.6) is 0 Å². The van der Waals surface area contributed by atoms with E-state index in [9.17, 15) is 4.79 Å². The summed E-state index contributed by atoms with van der Waals surface area (Å²) < 4.78 is 7.46. The number of nitrogens with zero attached hydrogens (tertiary/aromatic N) is 3. The van der Waals surface area contributed by atoms with Crippen molar-refractivity contribution >= 4 is 11.8 Å². The number of para-hydroxylation sites is 1. The van der Waals surface area contributed by atoms with E-state index in [2.05, 4.69) is 20.6 Å². The zero-order valence-corrected chi connectivity index (χ0v) is 14.9. The molecule has 0 saturated carbocycles. The molecule has 2 amide bonds. The summed E-state index contributed by atoms with van der Waals surface area (Å²) in [6, 6.07) is 11.3. The fourth-order valence-electron chi connectivity index (χ4n) is 3.16. The molecular formula is C18H25N5O2. The van der Waals surface area contributed by atoms with Crippen molar-refractivity contribution in [3.05, 3.63) is 42.1 Å². The number of aryl methyl sites for hydroxylation is 1. The van der Waals surface area contributed by atoms with Crippen LogP contribution < -0.4 is 10.6 Å². The summed E-state index contributed by atoms with van der Waals surface area (Å²) >= 11 is 0. The molecule has 1 aliphatic heterocycles. The summed E-state index contributed by atoms with van der Waals surface area (Å²) in [5.74, 6) is 0.639. The zero-order chi connectivity index (χ0) is 17.8. The number of hydrogen-bond acceptors (Lipinski definition) is 4. The number of hydrogen-bond donors (Lipinski definition) is 2. The van der Waals surface area contributed by atoms with E-state index in [-0.39, 0.29) is 18.2 Å². The van der Waals surface area contributed by atoms with Crippen molar-refractivity contribution in [2.75, 3.05) is 32.1 Å². The summed E-state index contributed by atoms with van der Waals surface area (Å²) in [6.45, 7) is 6.10. The number of carbonyl (C=O) groups excluding carboxylic acids is 1. The maximum absolute atomic E-state index is 12.5. The van der Waals surface area contributed by atoms with Gasteiger partial charge in [-0.05, 0) is 33.0 Å². The largest absolute Gasteiger partial charge is 0.375 e. The van der Waals surface area contributed by atoms with Crippen LogP contribution in [0.25, 0.3) is 5.69 Å². The van der Waals surface area contributed by atoms with Gasteiger partial charge in [-0.25, -0.2) is 9.48 Å². The Morgan fingerprint density at radius 1 is 1.32 bits per heavy atom. The third-order valence-electron chi connectivity index (χ3n) is 4.22. The van der Waals surface area contributed by atoms with Gasteiger partial charge in [-0.15, -0.1) is 0 Å². The van der Waals surface area contributed by atoms with Gasteiger partial charge >= 0.3 is 6.03 Å². The lowest BCUT2D eigenvalue weighted by molar-refractivity contribution is 0.0568. The van der Waals surface area contributed by atoms with Gasteiger partial charge in [0.15, 0.2) is 0 Å². The Balaban J connectivity index is 1.69. The van der Waals surface area contributed by atoms with Crippen molar-refractivity contribution in [3.8, 4) is 5.69 Å². The van der Waals surface area contributed by atoms with Gasteiger partial charge < -0.3 is 15.0 Å². The number of carbonyl (C=O) groups is 1. The van der Waals surface area contributed by atoms with Crippen LogP contribution >= 0.6 is 0 Å². The Kier molecular flexibility index (Phi) is 5.35. The molecule has 3 rings (SSSR count). The minimum absolute atomic E-state index is 0.0153. The van der Waals surface area contributed by atoms with E-state index in [1.54, 1.807) is 4.68 Å². The Hall–Kier alpha value is -2.38. The Labute approximate surface area is 148 Å². The molecule has 0 spiro atoms. The first kappa shape index (κ1) is 17.4. The number of urea groups is 1. The molecule has 1 aliphatic rings. The lowest BCUT2D eigenvalue weighted by atomic mass is 10.2. The minimum atomic E-state index is -0.248. The number of likely N-dealkylation sites (tertiary alicyclic amines) is 1. The number of rotatable bonds is 5. The summed E-state index contributed by atoms with van der Waals surface area (Å²) in [5, 5.41) is 10.4. The van der Waals surface area contributed by atoms with Gasteiger partial charge in [0.2, 0.25) is 0 Å². The van der Waals surface area contributed by atoms with Crippen molar-refractivity contribution in [2.24, 2.45) is 0 Å². The summed E-state index contributed by atoms with van der Waals surface area (Å²) in [5.41, 5.74) is 1.74. The molecule has 7 heteroatoms. The van der Waals surface area contributed by atoms with Crippen molar-refractivity contribution in [1.82, 2.24) is 20.0 Å². The van der Waals surface area contributed by atoms with E-state index < -0.39 is 0 Å². The van der Waals surface area contributed by atoms with Crippen LogP contribution in [0.1, 0.15) is 12.6 Å². The fourth-order valence-corrected chi connectivity index (χ4v) is 3.16. The van der Waals surface area contributed by atoms with E-state index in [4.69, 9.17) is 4.74 Å². The lowest BCUT2D eigenvalue weighted by Gasteiger charge is -2.20. The number of benzene rings is 1. The molecule has 1 aromatic heterocycles. The number of ether oxygens (including phenoxy) is 1. The molecule has 25 heavy (non-hydrogen) atoms. The van der Waals surface area contributed by atoms with E-state index >= 15 is 0 Å². The lowest BCUT2D eigenvalue weighted by Crippen LogP contribution is -2.46. The Morgan fingerprint density at radius 2 is 2.08 bits per heavy atom. The Morgan fingerprint density at radius 3 is 2.80 bits per heavy atom. The third kappa shape index (κ3) is 4.18. The molecule has 1 aromatic carbocycles. The third-order valence-corrected chi connectivity index (χ3v) is 4.22. The highest BCUT2D eigenvalue weighted by Gasteiger charge is 2.32. The highest BCUT2D eigenvalue weighted by atomic mass is 16.5. The molecule has 1 saturated heterocycles. The second kappa shape index (κ2) is 7.67. The first-order valence-electron chi connectivity index (χ1n) is 8.56. The second-order valence-electron chi connectivity index (χ2n) is 6.34. The van der Waals surface area contributed by atoms with E-state index in [0.29, 0.717) is 12.4 Å². The number of likely N-dealkylation sites (N-methyl/N-ethyl adjacent to an activating group) is 1. The van der Waals surface area contributed by atoms with Crippen LogP contribution in [0.2, 0.25) is 0 Å². The highest BCUT2D eigenvalue weighted by molar-refractivity contribution is 5.89. The molecule has 2 N–H and O–H groups in total. The number of aromatic nitrogens is 2. The van der Waals surface area contributed by atoms with Crippen molar-refractivity contribution in [3.63, 3.8) is 0 Å². The SMILES string of the molecule is CCO[C@@H]1CN(C)C[C@H]1NC(=O)Nc1cc(C)nn1-c1ccccc1. The predicted octanol–water partition coefficient (Wildman–Crippen LogP) is 2.02. The van der Waals surface area contributed by atoms with Gasteiger partial charge in [0.1, 0.15) is 5.82 Å². The maximum atomic E-state index is 12.5. The normalized spacial score (nSPS) is 20.6. The summed E-state index contributed by atoms with van der Waals surface area (Å²) in [6.07, 6.45) is 0.0153. The fraction of sp³-hybridized carbons (Fsp3) is 0.444. The molecule has 0 aliphatic carbocycles. The first-order chi connectivity index (χ1) is 12.1. The zero-order valence-electron chi connectivity index (χ0n) is 14.9. The summed E-state index contributed by atoms with van der Waals surface area (Å²) in [7, 11) is 2.03. The molecule has 0 radical (unpaired) electrons. The van der Waals surface area contributed by atoms with Gasteiger partial charge in [0.25, 0.3) is 0 Å². The standard InChI is InChI=1S/C18H25N5O2/c1-4-25-16-12-22(3)11-15(16)19-18(24)20-17-10-13(2)21-23(17)14-8-6-5-7-9-14/h5-10,15-16H,4,11-12H2,1-3H3,(H2,19,20,24)/t15-,16-/m1/s1. The molecule has 2 aromatic rings. The van der Waals surface area contributed by atoms with E-state index in [1.165, 1.54) is 0 Å². The Bertz CT molecular complexity index is 716. The van der Waals surface area contributed by atoms with E-state index in [1.807, 2.05) is 57.3 Å². The number of nitrogens with one attached hydrogen (secondary N) is 2. The van der Waals surface area contributed by atoms with Crippen LogP contribution in [0, 0.1) is 6.92 Å². The second-order valence-corrected chi connectivity index (χ2v) is 6.34. The van der Waals surface area contributed by atoms with Crippen LogP contribution in [-0.4, -0.2) is 59.6 Å². The highest BCUT2D eigenvalue weighted by Crippen LogP contribution is 2.17. The average molecular weight is 343 g/mol. The molecule has 0 unspecified atom stereocenters. The quantitative estimate of drug-likeness (QED) is 0.871. The van der Waals surface area contributed by atoms with Crippen molar-refractivity contribution in [1.29, 1.82) is 0 Å². The average Bonchev–Trinajstić information content (AvgIpc) is 3.11. The molecule has 1 fully saturated rings. The monoisotopic (exact) mass is 343 g/mol. The van der Waals surface area contributed by atoms with Gasteiger partial charge in [0.05, 0.1) is 23.5 Å².